The van der Waals surface area contributed by atoms with Gasteiger partial charge >= 0.3 is 0 Å². The number of nitrogens with one attached hydrogen (secondary N) is 1. The highest BCUT2D eigenvalue weighted by molar-refractivity contribution is 7.99. The molecule has 0 bridgehead atoms. The lowest BCUT2D eigenvalue weighted by Crippen LogP contribution is -2.14. The normalized spacial score (nSPS) is 14.3. The van der Waals surface area contributed by atoms with Gasteiger partial charge < -0.3 is 4.57 Å². The molecular formula is C25H28N6OS3. The summed E-state index contributed by atoms with van der Waals surface area (Å²) in [5, 5.41) is 24.9. The first-order valence-electron chi connectivity index (χ1n) is 12.0. The molecule has 3 aromatic heterocycles. The fraction of sp³-hybridized carbons (Fsp3) is 0.400. The number of hydrogen-bond donors (Lipinski definition) is 1. The molecule has 1 fully saturated rings. The Morgan fingerprint density at radius 2 is 1.91 bits per heavy atom. The molecule has 10 heteroatoms. The Morgan fingerprint density at radius 1 is 1.11 bits per heavy atom. The number of aryl methyl sites for hydroxylation is 1. The molecule has 0 atom stereocenters. The van der Waals surface area contributed by atoms with Crippen molar-refractivity contribution in [3.8, 4) is 22.5 Å². The summed E-state index contributed by atoms with van der Waals surface area (Å²) in [6, 6.07) is 10.4. The number of benzene rings is 1. The van der Waals surface area contributed by atoms with Crippen molar-refractivity contribution in [2.45, 2.75) is 63.6 Å². The summed E-state index contributed by atoms with van der Waals surface area (Å²) in [6.45, 7) is 4.93. The minimum atomic E-state index is -0.107. The van der Waals surface area contributed by atoms with Gasteiger partial charge in [-0.05, 0) is 32.3 Å². The summed E-state index contributed by atoms with van der Waals surface area (Å²) in [7, 11) is 0. The third-order valence-electron chi connectivity index (χ3n) is 6.29. The minimum Gasteiger partial charge on any atom is -0.302 e. The van der Waals surface area contributed by atoms with Crippen molar-refractivity contribution in [1.29, 1.82) is 0 Å². The zero-order valence-corrected chi connectivity index (χ0v) is 22.3. The van der Waals surface area contributed by atoms with E-state index in [1.165, 1.54) is 71.2 Å². The van der Waals surface area contributed by atoms with Crippen LogP contribution in [0.1, 0.15) is 54.8 Å². The van der Waals surface area contributed by atoms with Crippen LogP contribution in [0.3, 0.4) is 0 Å². The van der Waals surface area contributed by atoms with E-state index < -0.39 is 0 Å². The maximum atomic E-state index is 12.6. The molecular weight excluding hydrogens is 497 g/mol. The smallest absolute Gasteiger partial charge is 0.236 e. The first-order valence-corrected chi connectivity index (χ1v) is 14.6. The Kier molecular flexibility index (Phi) is 7.60. The standard InChI is InChI=1S/C25H28N6OS3/c1-3-31-22(19-14-33-16(2)21(19)17-10-6-4-7-11-17)27-30-25(31)34-15-20(32)26-24-29-28-23(35-24)18-12-8-5-9-13-18/h4,6-7,10-11,14,18H,3,5,8-9,12-13,15H2,1-2H3,(H,26,29,32). The van der Waals surface area contributed by atoms with Gasteiger partial charge in [0.1, 0.15) is 5.01 Å². The Bertz CT molecular complexity index is 1290. The third kappa shape index (κ3) is 5.34. The Morgan fingerprint density at radius 3 is 2.69 bits per heavy atom. The van der Waals surface area contributed by atoms with Crippen molar-refractivity contribution in [3.63, 3.8) is 0 Å². The molecule has 0 spiro atoms. The fourth-order valence-electron chi connectivity index (χ4n) is 4.55. The first-order chi connectivity index (χ1) is 17.1. The summed E-state index contributed by atoms with van der Waals surface area (Å²) in [5.41, 5.74) is 3.44. The molecule has 0 radical (unpaired) electrons. The number of amides is 1. The van der Waals surface area contributed by atoms with Crippen LogP contribution >= 0.6 is 34.4 Å². The maximum absolute atomic E-state index is 12.6. The van der Waals surface area contributed by atoms with E-state index in [0.717, 1.165) is 28.1 Å². The molecule has 0 unspecified atom stereocenters. The zero-order valence-electron chi connectivity index (χ0n) is 19.9. The van der Waals surface area contributed by atoms with Crippen molar-refractivity contribution in [1.82, 2.24) is 25.0 Å². The van der Waals surface area contributed by atoms with Crippen LogP contribution in [-0.4, -0.2) is 36.6 Å². The van der Waals surface area contributed by atoms with Crippen molar-refractivity contribution in [3.05, 3.63) is 45.6 Å². The van der Waals surface area contributed by atoms with Gasteiger partial charge in [-0.2, -0.15) is 0 Å². The molecule has 35 heavy (non-hydrogen) atoms. The van der Waals surface area contributed by atoms with Gasteiger partial charge in [0, 0.05) is 33.8 Å². The molecule has 1 amide bonds. The first kappa shape index (κ1) is 24.1. The number of thiophene rings is 1. The van der Waals surface area contributed by atoms with Gasteiger partial charge in [0.15, 0.2) is 11.0 Å². The van der Waals surface area contributed by atoms with E-state index in [4.69, 9.17) is 0 Å². The topological polar surface area (TPSA) is 85.6 Å². The van der Waals surface area contributed by atoms with E-state index in [1.54, 1.807) is 11.3 Å². The molecule has 0 aliphatic heterocycles. The average molecular weight is 525 g/mol. The van der Waals surface area contributed by atoms with E-state index in [2.05, 4.69) is 73.8 Å². The summed E-state index contributed by atoms with van der Waals surface area (Å²) in [6.07, 6.45) is 6.15. The highest BCUT2D eigenvalue weighted by Crippen LogP contribution is 2.39. The van der Waals surface area contributed by atoms with Crippen LogP contribution < -0.4 is 5.32 Å². The van der Waals surface area contributed by atoms with Gasteiger partial charge in [-0.15, -0.1) is 31.7 Å². The maximum Gasteiger partial charge on any atom is 0.236 e. The van der Waals surface area contributed by atoms with Gasteiger partial charge in [-0.25, -0.2) is 0 Å². The third-order valence-corrected chi connectivity index (χ3v) is 9.16. The second kappa shape index (κ2) is 11.0. The molecule has 1 saturated carbocycles. The van der Waals surface area contributed by atoms with Crippen LogP contribution in [-0.2, 0) is 11.3 Å². The van der Waals surface area contributed by atoms with Crippen LogP contribution in [0.4, 0.5) is 5.13 Å². The molecule has 1 aliphatic carbocycles. The van der Waals surface area contributed by atoms with Crippen molar-refractivity contribution in [2.24, 2.45) is 0 Å². The van der Waals surface area contributed by atoms with Crippen LogP contribution in [0.15, 0.2) is 40.9 Å². The highest BCUT2D eigenvalue weighted by Gasteiger charge is 2.22. The number of aromatic nitrogens is 5. The van der Waals surface area contributed by atoms with Gasteiger partial charge in [0.05, 0.1) is 5.75 Å². The number of carbonyl (C=O) groups excluding carboxylic acids is 1. The van der Waals surface area contributed by atoms with Crippen LogP contribution in [0, 0.1) is 6.92 Å². The number of rotatable bonds is 8. The predicted octanol–water partition coefficient (Wildman–Crippen LogP) is 6.63. The van der Waals surface area contributed by atoms with Crippen molar-refractivity contribution < 1.29 is 4.79 Å². The number of carbonyl (C=O) groups is 1. The minimum absolute atomic E-state index is 0.107. The Hall–Kier alpha value is -2.56. The van der Waals surface area contributed by atoms with E-state index in [-0.39, 0.29) is 11.7 Å². The molecule has 3 heterocycles. The van der Waals surface area contributed by atoms with Crippen molar-refractivity contribution >= 4 is 45.5 Å². The van der Waals surface area contributed by atoms with Gasteiger partial charge in [0.2, 0.25) is 11.0 Å². The van der Waals surface area contributed by atoms with Gasteiger partial charge in [0.25, 0.3) is 0 Å². The Balaban J connectivity index is 1.27. The molecule has 5 rings (SSSR count). The number of thioether (sulfide) groups is 1. The van der Waals surface area contributed by atoms with Crippen LogP contribution in [0.5, 0.6) is 0 Å². The van der Waals surface area contributed by atoms with Crippen LogP contribution in [0.2, 0.25) is 0 Å². The van der Waals surface area contributed by atoms with Crippen LogP contribution in [0.25, 0.3) is 22.5 Å². The number of nitrogens with zero attached hydrogens (tertiary/aromatic N) is 5. The second-order valence-electron chi connectivity index (χ2n) is 8.61. The predicted molar refractivity (Wildman–Crippen MR) is 144 cm³/mol. The van der Waals surface area contributed by atoms with Gasteiger partial charge in [-0.3, -0.25) is 10.1 Å². The zero-order chi connectivity index (χ0) is 24.2. The summed E-state index contributed by atoms with van der Waals surface area (Å²) >= 11 is 4.62. The lowest BCUT2D eigenvalue weighted by Gasteiger charge is -2.18. The number of anilines is 1. The molecule has 1 aromatic carbocycles. The van der Waals surface area contributed by atoms with Crippen molar-refractivity contribution in [2.75, 3.05) is 11.1 Å². The molecule has 182 valence electrons. The lowest BCUT2D eigenvalue weighted by molar-refractivity contribution is -0.113. The molecule has 7 nitrogen and oxygen atoms in total. The Labute approximate surface area is 217 Å². The van der Waals surface area contributed by atoms with Gasteiger partial charge in [-0.1, -0.05) is 72.7 Å². The monoisotopic (exact) mass is 524 g/mol. The fourth-order valence-corrected chi connectivity index (χ4v) is 7.14. The summed E-state index contributed by atoms with van der Waals surface area (Å²) in [5.74, 6) is 1.46. The number of hydrogen-bond acceptors (Lipinski definition) is 8. The molecule has 4 aromatic rings. The van der Waals surface area contributed by atoms with E-state index >= 15 is 0 Å². The largest absolute Gasteiger partial charge is 0.302 e. The molecule has 1 aliphatic rings. The summed E-state index contributed by atoms with van der Waals surface area (Å²) in [4.78, 5) is 13.9. The van der Waals surface area contributed by atoms with E-state index in [9.17, 15) is 4.79 Å². The molecule has 0 saturated heterocycles. The summed E-state index contributed by atoms with van der Waals surface area (Å²) < 4.78 is 2.08. The van der Waals surface area contributed by atoms with E-state index in [0.29, 0.717) is 11.0 Å². The highest BCUT2D eigenvalue weighted by atomic mass is 32.2. The quantitative estimate of drug-likeness (QED) is 0.260. The lowest BCUT2D eigenvalue weighted by atomic mass is 9.90. The second-order valence-corrected chi connectivity index (χ2v) is 11.6. The SMILES string of the molecule is CCn1c(SCC(=O)Nc2nnc(C3CCCCC3)s2)nnc1-c1csc(C)c1-c1ccccc1. The average Bonchev–Trinajstić information content (AvgIpc) is 3.62. The van der Waals surface area contributed by atoms with E-state index in [1.807, 2.05) is 6.07 Å². The molecule has 1 N–H and O–H groups in total.